The molecule has 0 aliphatic carbocycles. The Kier molecular flexibility index (Phi) is 5.72. The fourth-order valence-corrected chi connectivity index (χ4v) is 2.06. The van der Waals surface area contributed by atoms with Crippen LogP contribution in [0.1, 0.15) is 16.7 Å². The number of carbonyl (C=O) groups is 1. The molecule has 0 saturated heterocycles. The first-order valence-electron chi connectivity index (χ1n) is 7.15. The standard InChI is InChI=1S/C18H19FN2O/c1-14-4-2-5-15(12-14)8-10-20-18(22)21-11-9-16-6-3-7-17(19)13-16/h2-7,9,11-13H,8,10H2,1H3,(H2,20,21,22)/b11-9+. The molecule has 0 bridgehead atoms. The highest BCUT2D eigenvalue weighted by Gasteiger charge is 1.98. The number of urea groups is 1. The van der Waals surface area contributed by atoms with Crippen LogP contribution < -0.4 is 10.6 Å². The molecule has 3 nitrogen and oxygen atoms in total. The van der Waals surface area contributed by atoms with Crippen LogP contribution in [0.15, 0.2) is 54.7 Å². The summed E-state index contributed by atoms with van der Waals surface area (Å²) in [6, 6.07) is 14.1. The van der Waals surface area contributed by atoms with Crippen LogP contribution in [0.3, 0.4) is 0 Å². The highest BCUT2D eigenvalue weighted by molar-refractivity contribution is 5.75. The van der Waals surface area contributed by atoms with Gasteiger partial charge in [-0.05, 0) is 42.7 Å². The zero-order valence-electron chi connectivity index (χ0n) is 12.5. The van der Waals surface area contributed by atoms with Crippen LogP contribution in [0.5, 0.6) is 0 Å². The van der Waals surface area contributed by atoms with Gasteiger partial charge >= 0.3 is 6.03 Å². The molecule has 0 fully saturated rings. The summed E-state index contributed by atoms with van der Waals surface area (Å²) in [6.45, 7) is 2.60. The summed E-state index contributed by atoms with van der Waals surface area (Å²) in [5.41, 5.74) is 3.09. The van der Waals surface area contributed by atoms with Gasteiger partial charge in [0.2, 0.25) is 0 Å². The van der Waals surface area contributed by atoms with Crippen molar-refractivity contribution >= 4 is 12.1 Å². The highest BCUT2D eigenvalue weighted by Crippen LogP contribution is 2.05. The maximum Gasteiger partial charge on any atom is 0.318 e. The molecule has 0 heterocycles. The van der Waals surface area contributed by atoms with E-state index in [2.05, 4.69) is 16.7 Å². The topological polar surface area (TPSA) is 41.1 Å². The van der Waals surface area contributed by atoms with Crippen LogP contribution >= 0.6 is 0 Å². The Bertz CT molecular complexity index is 668. The quantitative estimate of drug-likeness (QED) is 0.869. The third-order valence-electron chi connectivity index (χ3n) is 3.12. The SMILES string of the molecule is Cc1cccc(CCNC(=O)N/C=C/c2cccc(F)c2)c1. The van der Waals surface area contributed by atoms with Crippen LogP contribution in [0.25, 0.3) is 6.08 Å². The average molecular weight is 298 g/mol. The van der Waals surface area contributed by atoms with Crippen LogP contribution in [0, 0.1) is 12.7 Å². The van der Waals surface area contributed by atoms with Gasteiger partial charge in [0.15, 0.2) is 0 Å². The average Bonchev–Trinajstić information content (AvgIpc) is 2.47. The summed E-state index contributed by atoms with van der Waals surface area (Å²) < 4.78 is 13.0. The van der Waals surface area contributed by atoms with Gasteiger partial charge in [0.25, 0.3) is 0 Å². The number of carbonyl (C=O) groups excluding carboxylic acids is 1. The summed E-state index contributed by atoms with van der Waals surface area (Å²) >= 11 is 0. The molecule has 0 unspecified atom stereocenters. The Morgan fingerprint density at radius 3 is 2.77 bits per heavy atom. The fraction of sp³-hybridized carbons (Fsp3) is 0.167. The largest absolute Gasteiger partial charge is 0.338 e. The molecule has 0 saturated carbocycles. The van der Waals surface area contributed by atoms with Crippen molar-refractivity contribution in [2.45, 2.75) is 13.3 Å². The molecule has 22 heavy (non-hydrogen) atoms. The fourth-order valence-electron chi connectivity index (χ4n) is 2.06. The smallest absolute Gasteiger partial charge is 0.318 e. The normalized spacial score (nSPS) is 10.6. The number of halogens is 1. The monoisotopic (exact) mass is 298 g/mol. The maximum atomic E-state index is 13.0. The molecular weight excluding hydrogens is 279 g/mol. The van der Waals surface area contributed by atoms with Crippen molar-refractivity contribution in [1.82, 2.24) is 10.6 Å². The predicted octanol–water partition coefficient (Wildman–Crippen LogP) is 3.65. The van der Waals surface area contributed by atoms with Crippen molar-refractivity contribution < 1.29 is 9.18 Å². The Balaban J connectivity index is 1.72. The molecule has 0 aromatic heterocycles. The van der Waals surface area contributed by atoms with E-state index in [1.54, 1.807) is 18.2 Å². The Morgan fingerprint density at radius 2 is 2.00 bits per heavy atom. The highest BCUT2D eigenvalue weighted by atomic mass is 19.1. The molecule has 4 heteroatoms. The van der Waals surface area contributed by atoms with E-state index in [0.717, 1.165) is 6.42 Å². The van der Waals surface area contributed by atoms with Crippen molar-refractivity contribution in [1.29, 1.82) is 0 Å². The van der Waals surface area contributed by atoms with E-state index in [1.165, 1.54) is 29.5 Å². The summed E-state index contributed by atoms with van der Waals surface area (Å²) in [5, 5.41) is 5.37. The van der Waals surface area contributed by atoms with Crippen LogP contribution in [-0.2, 0) is 6.42 Å². The first kappa shape index (κ1) is 15.8. The van der Waals surface area contributed by atoms with Gasteiger partial charge in [-0.3, -0.25) is 0 Å². The number of rotatable bonds is 5. The zero-order valence-corrected chi connectivity index (χ0v) is 12.5. The van der Waals surface area contributed by atoms with E-state index in [4.69, 9.17) is 0 Å². The van der Waals surface area contributed by atoms with Crippen molar-refractivity contribution in [3.05, 3.63) is 77.2 Å². The van der Waals surface area contributed by atoms with E-state index in [9.17, 15) is 9.18 Å². The van der Waals surface area contributed by atoms with E-state index in [0.29, 0.717) is 12.1 Å². The lowest BCUT2D eigenvalue weighted by molar-refractivity contribution is 0.244. The van der Waals surface area contributed by atoms with Gasteiger partial charge < -0.3 is 10.6 Å². The van der Waals surface area contributed by atoms with E-state index in [-0.39, 0.29) is 11.8 Å². The number of aryl methyl sites for hydroxylation is 1. The Labute approximate surface area is 129 Å². The van der Waals surface area contributed by atoms with Gasteiger partial charge in [-0.15, -0.1) is 0 Å². The van der Waals surface area contributed by atoms with Gasteiger partial charge in [0.1, 0.15) is 5.82 Å². The summed E-state index contributed by atoms with van der Waals surface area (Å²) in [6.07, 6.45) is 3.92. The number of amides is 2. The lowest BCUT2D eigenvalue weighted by Gasteiger charge is -2.05. The minimum atomic E-state index is -0.301. The third kappa shape index (κ3) is 5.40. The van der Waals surface area contributed by atoms with Crippen LogP contribution in [-0.4, -0.2) is 12.6 Å². The Hall–Kier alpha value is -2.62. The molecule has 2 rings (SSSR count). The minimum Gasteiger partial charge on any atom is -0.338 e. The second-order valence-electron chi connectivity index (χ2n) is 5.03. The number of nitrogens with one attached hydrogen (secondary N) is 2. The molecule has 114 valence electrons. The Morgan fingerprint density at radius 1 is 1.18 bits per heavy atom. The predicted molar refractivity (Wildman–Crippen MR) is 86.9 cm³/mol. The van der Waals surface area contributed by atoms with Crippen LogP contribution in [0.2, 0.25) is 0 Å². The second kappa shape index (κ2) is 7.98. The summed E-state index contributed by atoms with van der Waals surface area (Å²) in [5.74, 6) is -0.301. The van der Waals surface area contributed by atoms with Crippen molar-refractivity contribution in [3.8, 4) is 0 Å². The van der Waals surface area contributed by atoms with Crippen LogP contribution in [0.4, 0.5) is 9.18 Å². The van der Waals surface area contributed by atoms with Crippen molar-refractivity contribution in [2.75, 3.05) is 6.54 Å². The number of hydrogen-bond donors (Lipinski definition) is 2. The molecule has 0 atom stereocenters. The van der Waals surface area contributed by atoms with E-state index in [1.807, 2.05) is 25.1 Å². The van der Waals surface area contributed by atoms with Gasteiger partial charge in [0, 0.05) is 12.7 Å². The van der Waals surface area contributed by atoms with Crippen molar-refractivity contribution in [2.24, 2.45) is 0 Å². The molecule has 0 spiro atoms. The van der Waals surface area contributed by atoms with E-state index >= 15 is 0 Å². The molecule has 2 amide bonds. The molecule has 0 radical (unpaired) electrons. The van der Waals surface area contributed by atoms with E-state index < -0.39 is 0 Å². The summed E-state index contributed by atoms with van der Waals surface area (Å²) in [7, 11) is 0. The molecule has 0 aliphatic heterocycles. The van der Waals surface area contributed by atoms with Gasteiger partial charge in [-0.2, -0.15) is 0 Å². The maximum absolute atomic E-state index is 13.0. The number of hydrogen-bond acceptors (Lipinski definition) is 1. The van der Waals surface area contributed by atoms with Gasteiger partial charge in [-0.25, -0.2) is 9.18 Å². The zero-order chi connectivity index (χ0) is 15.8. The van der Waals surface area contributed by atoms with Crippen molar-refractivity contribution in [3.63, 3.8) is 0 Å². The van der Waals surface area contributed by atoms with Gasteiger partial charge in [0.05, 0.1) is 0 Å². The molecule has 0 aliphatic rings. The third-order valence-corrected chi connectivity index (χ3v) is 3.12. The summed E-state index contributed by atoms with van der Waals surface area (Å²) in [4.78, 5) is 11.6. The lowest BCUT2D eigenvalue weighted by Crippen LogP contribution is -2.33. The number of benzene rings is 2. The second-order valence-corrected chi connectivity index (χ2v) is 5.03. The minimum absolute atomic E-state index is 0.277. The molecular formula is C18H19FN2O. The lowest BCUT2D eigenvalue weighted by atomic mass is 10.1. The first-order chi connectivity index (χ1) is 10.6. The first-order valence-corrected chi connectivity index (χ1v) is 7.15. The molecule has 2 aromatic rings. The molecule has 2 aromatic carbocycles. The van der Waals surface area contributed by atoms with Gasteiger partial charge in [-0.1, -0.05) is 42.0 Å². The molecule has 2 N–H and O–H groups in total.